The molecule has 1 aliphatic rings. The van der Waals surface area contributed by atoms with Gasteiger partial charge in [0.15, 0.2) is 0 Å². The quantitative estimate of drug-likeness (QED) is 0.599. The van der Waals surface area contributed by atoms with Crippen LogP contribution >= 0.6 is 11.6 Å². The highest BCUT2D eigenvalue weighted by Gasteiger charge is 2.37. The smallest absolute Gasteiger partial charge is 0.0548 e. The lowest BCUT2D eigenvalue weighted by Gasteiger charge is -2.41. The van der Waals surface area contributed by atoms with Crippen LogP contribution in [0.4, 0.5) is 0 Å². The maximum Gasteiger partial charge on any atom is 0.0548 e. The molecule has 1 fully saturated rings. The molecule has 1 unspecified atom stereocenters. The molecule has 0 bridgehead atoms. The van der Waals surface area contributed by atoms with Gasteiger partial charge in [-0.2, -0.15) is 0 Å². The van der Waals surface area contributed by atoms with E-state index in [0.717, 1.165) is 12.3 Å². The van der Waals surface area contributed by atoms with Crippen LogP contribution in [0.15, 0.2) is 0 Å². The van der Waals surface area contributed by atoms with E-state index in [-0.39, 0.29) is 0 Å². The van der Waals surface area contributed by atoms with Gasteiger partial charge in [0.25, 0.3) is 0 Å². The van der Waals surface area contributed by atoms with Crippen LogP contribution in [0.1, 0.15) is 32.6 Å². The number of rotatable bonds is 4. The molecule has 0 aromatic rings. The van der Waals surface area contributed by atoms with Gasteiger partial charge in [0.1, 0.15) is 0 Å². The van der Waals surface area contributed by atoms with E-state index in [4.69, 9.17) is 16.3 Å². The molecule has 0 aromatic carbocycles. The van der Waals surface area contributed by atoms with Crippen LogP contribution in [-0.4, -0.2) is 19.1 Å². The van der Waals surface area contributed by atoms with Crippen LogP contribution in [0.2, 0.25) is 0 Å². The molecular weight excluding hydrogens is 160 g/mol. The highest BCUT2D eigenvalue weighted by Crippen LogP contribution is 2.45. The monoisotopic (exact) mass is 176 g/mol. The first-order chi connectivity index (χ1) is 5.22. The standard InChI is InChI=1S/C9H17ClO/c1-8(11-2)6-9(7-10)4-3-5-9/h8H,3-7H2,1-2H3. The van der Waals surface area contributed by atoms with Crippen molar-refractivity contribution in [2.45, 2.75) is 38.7 Å². The zero-order valence-electron chi connectivity index (χ0n) is 7.40. The molecule has 0 saturated heterocycles. The molecule has 1 atom stereocenters. The van der Waals surface area contributed by atoms with Crippen LogP contribution in [-0.2, 0) is 4.74 Å². The van der Waals surface area contributed by atoms with Gasteiger partial charge in [-0.15, -0.1) is 11.6 Å². The number of hydrogen-bond acceptors (Lipinski definition) is 1. The molecule has 11 heavy (non-hydrogen) atoms. The van der Waals surface area contributed by atoms with Gasteiger partial charge < -0.3 is 4.74 Å². The lowest BCUT2D eigenvalue weighted by atomic mass is 9.67. The van der Waals surface area contributed by atoms with Crippen molar-refractivity contribution >= 4 is 11.6 Å². The van der Waals surface area contributed by atoms with Gasteiger partial charge in [0.05, 0.1) is 6.10 Å². The summed E-state index contributed by atoms with van der Waals surface area (Å²) in [6.45, 7) is 2.12. The molecule has 1 saturated carbocycles. The Morgan fingerprint density at radius 2 is 2.18 bits per heavy atom. The molecule has 0 aromatic heterocycles. The highest BCUT2D eigenvalue weighted by molar-refractivity contribution is 6.18. The number of halogens is 1. The van der Waals surface area contributed by atoms with Crippen molar-refractivity contribution in [3.05, 3.63) is 0 Å². The number of ether oxygens (including phenoxy) is 1. The fourth-order valence-electron chi connectivity index (χ4n) is 1.76. The molecule has 0 N–H and O–H groups in total. The molecule has 1 aliphatic carbocycles. The molecule has 0 aliphatic heterocycles. The Kier molecular flexibility index (Phi) is 3.20. The van der Waals surface area contributed by atoms with Crippen LogP contribution in [0.25, 0.3) is 0 Å². The normalized spacial score (nSPS) is 24.3. The molecule has 2 heteroatoms. The molecule has 1 rings (SSSR count). The van der Waals surface area contributed by atoms with E-state index in [1.165, 1.54) is 19.3 Å². The average molecular weight is 177 g/mol. The third kappa shape index (κ3) is 2.09. The summed E-state index contributed by atoms with van der Waals surface area (Å²) < 4.78 is 5.22. The van der Waals surface area contributed by atoms with E-state index < -0.39 is 0 Å². The fourth-order valence-corrected chi connectivity index (χ4v) is 2.14. The Morgan fingerprint density at radius 1 is 1.55 bits per heavy atom. The minimum absolute atomic E-state index is 0.369. The SMILES string of the molecule is COC(C)CC1(CCl)CCC1. The predicted molar refractivity (Wildman–Crippen MR) is 48.1 cm³/mol. The van der Waals surface area contributed by atoms with Crippen molar-refractivity contribution in [2.75, 3.05) is 13.0 Å². The van der Waals surface area contributed by atoms with Gasteiger partial charge in [0, 0.05) is 13.0 Å². The van der Waals surface area contributed by atoms with Crippen molar-refractivity contribution < 1.29 is 4.74 Å². The van der Waals surface area contributed by atoms with Gasteiger partial charge in [0.2, 0.25) is 0 Å². The third-order valence-corrected chi connectivity index (χ3v) is 3.39. The summed E-state index contributed by atoms with van der Waals surface area (Å²) in [6.07, 6.45) is 5.44. The third-order valence-electron chi connectivity index (χ3n) is 2.82. The number of alkyl halides is 1. The van der Waals surface area contributed by atoms with E-state index in [1.807, 2.05) is 0 Å². The maximum atomic E-state index is 5.91. The van der Waals surface area contributed by atoms with Crippen molar-refractivity contribution in [2.24, 2.45) is 5.41 Å². The molecular formula is C9H17ClO. The van der Waals surface area contributed by atoms with Crippen molar-refractivity contribution in [1.29, 1.82) is 0 Å². The molecule has 0 amide bonds. The summed E-state index contributed by atoms with van der Waals surface area (Å²) in [5.41, 5.74) is 0.428. The second-order valence-corrected chi connectivity index (χ2v) is 4.00. The van der Waals surface area contributed by atoms with E-state index in [9.17, 15) is 0 Å². The summed E-state index contributed by atoms with van der Waals surface area (Å²) in [4.78, 5) is 0. The minimum atomic E-state index is 0.369. The first-order valence-electron chi connectivity index (χ1n) is 4.31. The maximum absolute atomic E-state index is 5.91. The van der Waals surface area contributed by atoms with Crippen LogP contribution < -0.4 is 0 Å². The van der Waals surface area contributed by atoms with Gasteiger partial charge in [-0.3, -0.25) is 0 Å². The Bertz CT molecular complexity index is 115. The first kappa shape index (κ1) is 9.34. The number of methoxy groups -OCH3 is 1. The largest absolute Gasteiger partial charge is 0.382 e. The van der Waals surface area contributed by atoms with E-state index in [1.54, 1.807) is 7.11 Å². The molecule has 0 spiro atoms. The second-order valence-electron chi connectivity index (χ2n) is 3.74. The zero-order chi connectivity index (χ0) is 8.32. The van der Waals surface area contributed by atoms with Crippen LogP contribution in [0.3, 0.4) is 0 Å². The van der Waals surface area contributed by atoms with Crippen molar-refractivity contribution in [3.8, 4) is 0 Å². The summed E-state index contributed by atoms with van der Waals surface area (Å²) >= 11 is 5.91. The summed E-state index contributed by atoms with van der Waals surface area (Å²) in [6, 6.07) is 0. The summed E-state index contributed by atoms with van der Waals surface area (Å²) in [5, 5.41) is 0. The van der Waals surface area contributed by atoms with Crippen LogP contribution in [0, 0.1) is 5.41 Å². The summed E-state index contributed by atoms with van der Waals surface area (Å²) in [5.74, 6) is 0.806. The molecule has 66 valence electrons. The topological polar surface area (TPSA) is 9.23 Å². The Balaban J connectivity index is 2.32. The predicted octanol–water partition coefficient (Wildman–Crippen LogP) is 2.82. The summed E-state index contributed by atoms with van der Waals surface area (Å²) in [7, 11) is 1.77. The van der Waals surface area contributed by atoms with Gasteiger partial charge in [-0.1, -0.05) is 6.42 Å². The molecule has 1 nitrogen and oxygen atoms in total. The molecule has 0 radical (unpaired) electrons. The Morgan fingerprint density at radius 3 is 2.45 bits per heavy atom. The molecule has 0 heterocycles. The second kappa shape index (κ2) is 3.77. The van der Waals surface area contributed by atoms with E-state index in [0.29, 0.717) is 11.5 Å². The van der Waals surface area contributed by atoms with E-state index >= 15 is 0 Å². The van der Waals surface area contributed by atoms with Crippen molar-refractivity contribution in [1.82, 2.24) is 0 Å². The first-order valence-corrected chi connectivity index (χ1v) is 4.85. The lowest BCUT2D eigenvalue weighted by molar-refractivity contribution is 0.0366. The van der Waals surface area contributed by atoms with Crippen LogP contribution in [0.5, 0.6) is 0 Å². The Hall–Kier alpha value is 0.250. The lowest BCUT2D eigenvalue weighted by Crippen LogP contribution is -2.34. The zero-order valence-corrected chi connectivity index (χ0v) is 8.16. The van der Waals surface area contributed by atoms with Gasteiger partial charge in [-0.25, -0.2) is 0 Å². The Labute approximate surface area is 74.1 Å². The fraction of sp³-hybridized carbons (Fsp3) is 1.00. The average Bonchev–Trinajstić information content (AvgIpc) is 1.96. The minimum Gasteiger partial charge on any atom is -0.382 e. The van der Waals surface area contributed by atoms with Gasteiger partial charge >= 0.3 is 0 Å². The van der Waals surface area contributed by atoms with E-state index in [2.05, 4.69) is 6.92 Å². The van der Waals surface area contributed by atoms with Crippen molar-refractivity contribution in [3.63, 3.8) is 0 Å². The number of hydrogen-bond donors (Lipinski definition) is 0. The highest BCUT2D eigenvalue weighted by atomic mass is 35.5. The van der Waals surface area contributed by atoms with Gasteiger partial charge in [-0.05, 0) is 31.6 Å².